The molecule has 1 aromatic carbocycles. The van der Waals surface area contributed by atoms with Crippen molar-refractivity contribution in [1.29, 1.82) is 0 Å². The van der Waals surface area contributed by atoms with Gasteiger partial charge in [-0.2, -0.15) is 5.10 Å². The zero-order valence-electron chi connectivity index (χ0n) is 12.8. The number of hydrogen-bond donors (Lipinski definition) is 2. The smallest absolute Gasteiger partial charge is 0.271 e. The Morgan fingerprint density at radius 2 is 1.86 bits per heavy atom. The van der Waals surface area contributed by atoms with Gasteiger partial charge in [-0.1, -0.05) is 13.8 Å². The van der Waals surface area contributed by atoms with Crippen molar-refractivity contribution in [2.75, 3.05) is 0 Å². The monoisotopic (exact) mass is 304 g/mol. The van der Waals surface area contributed by atoms with E-state index in [9.17, 15) is 9.18 Å². The van der Waals surface area contributed by atoms with Crippen molar-refractivity contribution in [2.45, 2.75) is 33.5 Å². The van der Waals surface area contributed by atoms with Crippen molar-refractivity contribution < 1.29 is 4.39 Å². The average Bonchev–Trinajstić information content (AvgIpc) is 2.49. The van der Waals surface area contributed by atoms with Crippen LogP contribution in [0.15, 0.2) is 29.1 Å². The van der Waals surface area contributed by atoms with E-state index >= 15 is 0 Å². The molecule has 0 aliphatic rings. The number of nitrogens with two attached hydrogens (primary N) is 2. The molecule has 0 fully saturated rings. The van der Waals surface area contributed by atoms with Gasteiger partial charge in [0, 0.05) is 36.3 Å². The van der Waals surface area contributed by atoms with Crippen molar-refractivity contribution in [3.8, 4) is 11.3 Å². The molecule has 1 heterocycles. The first kappa shape index (κ1) is 16.3. The van der Waals surface area contributed by atoms with Gasteiger partial charge in [0.15, 0.2) is 0 Å². The van der Waals surface area contributed by atoms with E-state index in [4.69, 9.17) is 11.5 Å². The van der Waals surface area contributed by atoms with E-state index in [1.54, 1.807) is 18.2 Å². The molecule has 0 radical (unpaired) electrons. The SMILES string of the molecule is CC(C)Cn1nc(-c2ccc(F)c(CN)c2)cc(CN)c1=O. The maximum absolute atomic E-state index is 13.6. The molecule has 0 amide bonds. The number of halogens is 1. The zero-order chi connectivity index (χ0) is 16.3. The zero-order valence-corrected chi connectivity index (χ0v) is 12.8. The summed E-state index contributed by atoms with van der Waals surface area (Å²) < 4.78 is 15.0. The van der Waals surface area contributed by atoms with E-state index in [2.05, 4.69) is 5.10 Å². The van der Waals surface area contributed by atoms with E-state index in [-0.39, 0.29) is 30.4 Å². The second-order valence-corrected chi connectivity index (χ2v) is 5.65. The molecule has 22 heavy (non-hydrogen) atoms. The maximum atomic E-state index is 13.6. The van der Waals surface area contributed by atoms with E-state index in [0.717, 1.165) is 0 Å². The van der Waals surface area contributed by atoms with Crippen LogP contribution in [0.3, 0.4) is 0 Å². The standard InChI is InChI=1S/C16H21FN4O/c1-10(2)9-21-16(22)13(8-19)6-15(20-21)11-3-4-14(17)12(5-11)7-18/h3-6,10H,7-9,18-19H2,1-2H3. The Morgan fingerprint density at radius 1 is 1.18 bits per heavy atom. The van der Waals surface area contributed by atoms with Gasteiger partial charge in [-0.15, -0.1) is 0 Å². The highest BCUT2D eigenvalue weighted by Crippen LogP contribution is 2.20. The molecule has 6 heteroatoms. The minimum atomic E-state index is -0.346. The first-order valence-electron chi connectivity index (χ1n) is 7.26. The number of rotatable bonds is 5. The molecule has 0 spiro atoms. The molecule has 0 saturated carbocycles. The second kappa shape index (κ2) is 6.81. The molecule has 1 aromatic heterocycles. The first-order chi connectivity index (χ1) is 10.5. The highest BCUT2D eigenvalue weighted by atomic mass is 19.1. The van der Waals surface area contributed by atoms with Gasteiger partial charge in [0.1, 0.15) is 5.82 Å². The van der Waals surface area contributed by atoms with Gasteiger partial charge in [0.05, 0.1) is 5.69 Å². The minimum Gasteiger partial charge on any atom is -0.326 e. The third kappa shape index (κ3) is 3.40. The van der Waals surface area contributed by atoms with Gasteiger partial charge in [-0.25, -0.2) is 9.07 Å². The van der Waals surface area contributed by atoms with E-state index < -0.39 is 0 Å². The highest BCUT2D eigenvalue weighted by molar-refractivity contribution is 5.60. The summed E-state index contributed by atoms with van der Waals surface area (Å²) in [5, 5.41) is 4.38. The lowest BCUT2D eigenvalue weighted by Crippen LogP contribution is -2.29. The Labute approximate surface area is 128 Å². The molecule has 0 bridgehead atoms. The molecule has 2 aromatic rings. The predicted molar refractivity (Wildman–Crippen MR) is 84.5 cm³/mol. The summed E-state index contributed by atoms with van der Waals surface area (Å²) in [6.07, 6.45) is 0. The Bertz CT molecular complexity index is 725. The van der Waals surface area contributed by atoms with Crippen LogP contribution in [0.5, 0.6) is 0 Å². The van der Waals surface area contributed by atoms with E-state index in [1.165, 1.54) is 10.7 Å². The first-order valence-corrected chi connectivity index (χ1v) is 7.26. The molecular formula is C16H21FN4O. The van der Waals surface area contributed by atoms with E-state index in [1.807, 2.05) is 13.8 Å². The van der Waals surface area contributed by atoms with Crippen LogP contribution in [-0.4, -0.2) is 9.78 Å². The normalized spacial score (nSPS) is 11.2. The van der Waals surface area contributed by atoms with Gasteiger partial charge in [0.2, 0.25) is 0 Å². The molecule has 118 valence electrons. The van der Waals surface area contributed by atoms with Crippen LogP contribution in [0.4, 0.5) is 4.39 Å². The van der Waals surface area contributed by atoms with Crippen molar-refractivity contribution >= 4 is 0 Å². The van der Waals surface area contributed by atoms with Gasteiger partial charge in [0.25, 0.3) is 5.56 Å². The summed E-state index contributed by atoms with van der Waals surface area (Å²) in [5.74, 6) is -0.0697. The molecule has 4 N–H and O–H groups in total. The van der Waals surface area contributed by atoms with Crippen molar-refractivity contribution in [3.05, 3.63) is 51.6 Å². The van der Waals surface area contributed by atoms with Crippen molar-refractivity contribution in [3.63, 3.8) is 0 Å². The maximum Gasteiger partial charge on any atom is 0.271 e. The molecule has 0 saturated heterocycles. The Morgan fingerprint density at radius 3 is 2.45 bits per heavy atom. The lowest BCUT2D eigenvalue weighted by Gasteiger charge is -2.12. The fourth-order valence-electron chi connectivity index (χ4n) is 2.24. The predicted octanol–water partition coefficient (Wildman–Crippen LogP) is 1.62. The van der Waals surface area contributed by atoms with E-state index in [0.29, 0.717) is 28.9 Å². The van der Waals surface area contributed by atoms with Crippen LogP contribution in [0.25, 0.3) is 11.3 Å². The molecule has 0 aliphatic heterocycles. The summed E-state index contributed by atoms with van der Waals surface area (Å²) in [7, 11) is 0. The summed E-state index contributed by atoms with van der Waals surface area (Å²) >= 11 is 0. The third-order valence-corrected chi connectivity index (χ3v) is 3.37. The number of benzene rings is 1. The Hall–Kier alpha value is -2.05. The fraction of sp³-hybridized carbons (Fsp3) is 0.375. The molecule has 0 atom stereocenters. The summed E-state index contributed by atoms with van der Waals surface area (Å²) in [5.41, 5.74) is 13.2. The topological polar surface area (TPSA) is 86.9 Å². The van der Waals surface area contributed by atoms with Crippen LogP contribution in [-0.2, 0) is 19.6 Å². The minimum absolute atomic E-state index is 0.106. The van der Waals surface area contributed by atoms with Gasteiger partial charge < -0.3 is 11.5 Å². The van der Waals surface area contributed by atoms with Gasteiger partial charge in [-0.3, -0.25) is 4.79 Å². The number of nitrogens with zero attached hydrogens (tertiary/aromatic N) is 2. The van der Waals surface area contributed by atoms with Crippen molar-refractivity contribution in [2.24, 2.45) is 17.4 Å². The molecule has 0 unspecified atom stereocenters. The average molecular weight is 304 g/mol. The van der Waals surface area contributed by atoms with Crippen LogP contribution < -0.4 is 17.0 Å². The quantitative estimate of drug-likeness (QED) is 0.879. The van der Waals surface area contributed by atoms with Gasteiger partial charge >= 0.3 is 0 Å². The Kier molecular flexibility index (Phi) is 5.05. The number of hydrogen-bond acceptors (Lipinski definition) is 4. The van der Waals surface area contributed by atoms with Crippen LogP contribution in [0.2, 0.25) is 0 Å². The Balaban J connectivity index is 2.57. The summed E-state index contributed by atoms with van der Waals surface area (Å²) in [6.45, 7) is 4.76. The van der Waals surface area contributed by atoms with Crippen LogP contribution >= 0.6 is 0 Å². The van der Waals surface area contributed by atoms with Gasteiger partial charge in [-0.05, 0) is 30.2 Å². The molecule has 5 nitrogen and oxygen atoms in total. The highest BCUT2D eigenvalue weighted by Gasteiger charge is 2.11. The van der Waals surface area contributed by atoms with Crippen molar-refractivity contribution in [1.82, 2.24) is 9.78 Å². The summed E-state index contributed by atoms with van der Waals surface area (Å²) in [4.78, 5) is 12.2. The van der Waals surface area contributed by atoms with Crippen LogP contribution in [0.1, 0.15) is 25.0 Å². The summed E-state index contributed by atoms with van der Waals surface area (Å²) in [6, 6.07) is 6.30. The largest absolute Gasteiger partial charge is 0.326 e. The third-order valence-electron chi connectivity index (χ3n) is 3.37. The second-order valence-electron chi connectivity index (χ2n) is 5.65. The fourth-order valence-corrected chi connectivity index (χ4v) is 2.24. The van der Waals surface area contributed by atoms with Crippen LogP contribution in [0, 0.1) is 11.7 Å². The lowest BCUT2D eigenvalue weighted by atomic mass is 10.1. The number of aromatic nitrogens is 2. The molecule has 2 rings (SSSR count). The molecule has 0 aliphatic carbocycles. The molecular weight excluding hydrogens is 283 g/mol. The lowest BCUT2D eigenvalue weighted by molar-refractivity contribution is 0.462.